The van der Waals surface area contributed by atoms with Crippen LogP contribution in [-0.2, 0) is 6.54 Å². The van der Waals surface area contributed by atoms with Crippen LogP contribution in [0.25, 0.3) is 10.9 Å². The summed E-state index contributed by atoms with van der Waals surface area (Å²) in [5, 5.41) is 9.85. The number of nitriles is 1. The maximum Gasteiger partial charge on any atom is 0.254 e. The molecular formula is C23H23N3O. The molecule has 0 bridgehead atoms. The molecule has 0 saturated carbocycles. The van der Waals surface area contributed by atoms with Crippen molar-refractivity contribution < 1.29 is 4.79 Å². The largest absolute Gasteiger partial charge is 0.334 e. The molecule has 1 amide bonds. The predicted molar refractivity (Wildman–Crippen MR) is 107 cm³/mol. The number of amides is 1. The van der Waals surface area contributed by atoms with Gasteiger partial charge in [-0.15, -0.1) is 0 Å². The van der Waals surface area contributed by atoms with Gasteiger partial charge in [0.2, 0.25) is 0 Å². The van der Waals surface area contributed by atoms with E-state index in [9.17, 15) is 4.79 Å². The molecule has 0 radical (unpaired) electrons. The molecule has 0 saturated heterocycles. The van der Waals surface area contributed by atoms with Gasteiger partial charge in [-0.05, 0) is 56.2 Å². The molecule has 27 heavy (non-hydrogen) atoms. The number of hydrogen-bond acceptors (Lipinski definition) is 3. The second-order valence-corrected chi connectivity index (χ2v) is 6.87. The van der Waals surface area contributed by atoms with Crippen LogP contribution in [0.1, 0.15) is 46.1 Å². The third kappa shape index (κ3) is 4.15. The Morgan fingerprint density at radius 1 is 1.11 bits per heavy atom. The van der Waals surface area contributed by atoms with Crippen molar-refractivity contribution in [1.82, 2.24) is 9.88 Å². The van der Waals surface area contributed by atoms with Gasteiger partial charge in [0.1, 0.15) is 0 Å². The SMILES string of the molecule is CCCN(Cc1ccc(C#N)cc1)C(=O)c1cc(C)nc2ccc(C)cc12. The summed E-state index contributed by atoms with van der Waals surface area (Å²) in [6.45, 7) is 7.20. The summed E-state index contributed by atoms with van der Waals surface area (Å²) in [6.07, 6.45) is 0.878. The molecule has 2 aromatic carbocycles. The minimum Gasteiger partial charge on any atom is -0.334 e. The normalized spacial score (nSPS) is 10.6. The fraction of sp³-hybridized carbons (Fsp3) is 0.261. The third-order valence-corrected chi connectivity index (χ3v) is 4.56. The van der Waals surface area contributed by atoms with E-state index in [1.807, 2.05) is 55.1 Å². The summed E-state index contributed by atoms with van der Waals surface area (Å²) in [5.41, 5.74) is 5.13. The number of carbonyl (C=O) groups excluding carboxylic acids is 1. The second-order valence-electron chi connectivity index (χ2n) is 6.87. The number of fused-ring (bicyclic) bond motifs is 1. The number of pyridine rings is 1. The number of rotatable bonds is 5. The average molecular weight is 357 g/mol. The Balaban J connectivity index is 1.98. The van der Waals surface area contributed by atoms with Gasteiger partial charge in [0.25, 0.3) is 5.91 Å². The second kappa shape index (κ2) is 8.01. The van der Waals surface area contributed by atoms with Crippen LogP contribution in [0.15, 0.2) is 48.5 Å². The van der Waals surface area contributed by atoms with Gasteiger partial charge in [0, 0.05) is 24.2 Å². The summed E-state index contributed by atoms with van der Waals surface area (Å²) in [5.74, 6) is 0.0160. The molecular weight excluding hydrogens is 334 g/mol. The van der Waals surface area contributed by atoms with E-state index >= 15 is 0 Å². The van der Waals surface area contributed by atoms with Crippen LogP contribution in [0.2, 0.25) is 0 Å². The standard InChI is InChI=1S/C23H23N3O/c1-4-11-26(15-19-8-6-18(14-24)7-9-19)23(27)21-13-17(3)25-22-10-5-16(2)12-20(21)22/h5-10,12-13H,4,11,15H2,1-3H3. The molecule has 0 spiro atoms. The molecule has 0 aliphatic rings. The summed E-state index contributed by atoms with van der Waals surface area (Å²) < 4.78 is 0. The minimum absolute atomic E-state index is 0.0160. The number of hydrogen-bond donors (Lipinski definition) is 0. The zero-order valence-electron chi connectivity index (χ0n) is 16.0. The fourth-order valence-electron chi connectivity index (χ4n) is 3.25. The zero-order valence-corrected chi connectivity index (χ0v) is 16.0. The number of benzene rings is 2. The maximum absolute atomic E-state index is 13.4. The lowest BCUT2D eigenvalue weighted by Crippen LogP contribution is -2.31. The minimum atomic E-state index is 0.0160. The first-order chi connectivity index (χ1) is 13.0. The van der Waals surface area contributed by atoms with Crippen molar-refractivity contribution in [3.8, 4) is 6.07 Å². The quantitative estimate of drug-likeness (QED) is 0.660. The summed E-state index contributed by atoms with van der Waals surface area (Å²) in [6, 6.07) is 17.4. The molecule has 0 N–H and O–H groups in total. The van der Waals surface area contributed by atoms with E-state index in [2.05, 4.69) is 18.0 Å². The van der Waals surface area contributed by atoms with E-state index in [1.165, 1.54) is 0 Å². The zero-order chi connectivity index (χ0) is 19.4. The van der Waals surface area contributed by atoms with E-state index in [4.69, 9.17) is 5.26 Å². The van der Waals surface area contributed by atoms with Crippen molar-refractivity contribution in [1.29, 1.82) is 5.26 Å². The Morgan fingerprint density at radius 3 is 2.52 bits per heavy atom. The number of aromatic nitrogens is 1. The first-order valence-corrected chi connectivity index (χ1v) is 9.18. The van der Waals surface area contributed by atoms with Gasteiger partial charge < -0.3 is 4.90 Å². The highest BCUT2D eigenvalue weighted by Crippen LogP contribution is 2.22. The van der Waals surface area contributed by atoms with Crippen LogP contribution < -0.4 is 0 Å². The molecule has 0 atom stereocenters. The molecule has 4 heteroatoms. The van der Waals surface area contributed by atoms with Gasteiger partial charge in [-0.2, -0.15) is 5.26 Å². The highest BCUT2D eigenvalue weighted by molar-refractivity contribution is 6.06. The Kier molecular flexibility index (Phi) is 5.52. The van der Waals surface area contributed by atoms with Crippen molar-refractivity contribution in [2.75, 3.05) is 6.54 Å². The molecule has 136 valence electrons. The molecule has 0 fully saturated rings. The van der Waals surface area contributed by atoms with Crippen LogP contribution in [0, 0.1) is 25.2 Å². The lowest BCUT2D eigenvalue weighted by molar-refractivity contribution is 0.0745. The molecule has 0 aliphatic carbocycles. The molecule has 1 heterocycles. The topological polar surface area (TPSA) is 57.0 Å². The van der Waals surface area contributed by atoms with Crippen LogP contribution in [0.3, 0.4) is 0 Å². The molecule has 0 unspecified atom stereocenters. The lowest BCUT2D eigenvalue weighted by Gasteiger charge is -2.23. The van der Waals surface area contributed by atoms with Gasteiger partial charge in [-0.25, -0.2) is 0 Å². The molecule has 0 aliphatic heterocycles. The Bertz CT molecular complexity index is 1020. The van der Waals surface area contributed by atoms with E-state index in [0.717, 1.165) is 34.1 Å². The number of aryl methyl sites for hydroxylation is 2. The van der Waals surface area contributed by atoms with Gasteiger partial charge in [-0.1, -0.05) is 30.7 Å². The molecule has 3 rings (SSSR count). The van der Waals surface area contributed by atoms with Crippen LogP contribution in [0.5, 0.6) is 0 Å². The molecule has 4 nitrogen and oxygen atoms in total. The Hall–Kier alpha value is -3.19. The lowest BCUT2D eigenvalue weighted by atomic mass is 10.0. The summed E-state index contributed by atoms with van der Waals surface area (Å²) >= 11 is 0. The average Bonchev–Trinajstić information content (AvgIpc) is 2.67. The molecule has 3 aromatic rings. The van der Waals surface area contributed by atoms with Gasteiger partial charge in [-0.3, -0.25) is 9.78 Å². The van der Waals surface area contributed by atoms with Crippen LogP contribution in [-0.4, -0.2) is 22.3 Å². The highest BCUT2D eigenvalue weighted by Gasteiger charge is 2.19. The predicted octanol–water partition coefficient (Wildman–Crippen LogP) is 4.78. The fourth-order valence-corrected chi connectivity index (χ4v) is 3.25. The van der Waals surface area contributed by atoms with E-state index in [-0.39, 0.29) is 5.91 Å². The van der Waals surface area contributed by atoms with Crippen molar-refractivity contribution in [3.63, 3.8) is 0 Å². The number of nitrogens with zero attached hydrogens (tertiary/aromatic N) is 3. The Morgan fingerprint density at radius 2 is 1.85 bits per heavy atom. The summed E-state index contributed by atoms with van der Waals surface area (Å²) in [4.78, 5) is 19.8. The third-order valence-electron chi connectivity index (χ3n) is 4.56. The van der Waals surface area contributed by atoms with Crippen molar-refractivity contribution in [3.05, 3.63) is 76.5 Å². The van der Waals surface area contributed by atoms with Crippen molar-refractivity contribution >= 4 is 16.8 Å². The molecule has 1 aromatic heterocycles. The van der Waals surface area contributed by atoms with Crippen molar-refractivity contribution in [2.45, 2.75) is 33.7 Å². The van der Waals surface area contributed by atoms with E-state index in [0.29, 0.717) is 24.2 Å². The first kappa shape index (κ1) is 18.6. The van der Waals surface area contributed by atoms with Crippen molar-refractivity contribution in [2.24, 2.45) is 0 Å². The van der Waals surface area contributed by atoms with Crippen LogP contribution in [0.4, 0.5) is 0 Å². The first-order valence-electron chi connectivity index (χ1n) is 9.18. The number of carbonyl (C=O) groups is 1. The van der Waals surface area contributed by atoms with Gasteiger partial charge in [0.15, 0.2) is 0 Å². The van der Waals surface area contributed by atoms with Crippen LogP contribution >= 0.6 is 0 Å². The highest BCUT2D eigenvalue weighted by atomic mass is 16.2. The monoisotopic (exact) mass is 357 g/mol. The Labute approximate surface area is 160 Å². The van der Waals surface area contributed by atoms with Gasteiger partial charge >= 0.3 is 0 Å². The smallest absolute Gasteiger partial charge is 0.254 e. The summed E-state index contributed by atoms with van der Waals surface area (Å²) in [7, 11) is 0. The van der Waals surface area contributed by atoms with E-state index < -0.39 is 0 Å². The van der Waals surface area contributed by atoms with Gasteiger partial charge in [0.05, 0.1) is 22.7 Å². The van der Waals surface area contributed by atoms with E-state index in [1.54, 1.807) is 12.1 Å². The maximum atomic E-state index is 13.4.